The molecule has 0 saturated heterocycles. The van der Waals surface area contributed by atoms with E-state index in [9.17, 15) is 22.4 Å². The lowest BCUT2D eigenvalue weighted by Gasteiger charge is -2.32. The molecule has 0 bridgehead atoms. The van der Waals surface area contributed by atoms with Crippen LogP contribution in [0, 0.1) is 5.82 Å². The Balaban J connectivity index is 2.04. The first-order valence-electron chi connectivity index (χ1n) is 12.7. The number of amides is 2. The van der Waals surface area contributed by atoms with Crippen LogP contribution in [0.4, 0.5) is 10.1 Å². The molecule has 1 atom stereocenters. The molecular weight excluding hydrogens is 505 g/mol. The number of rotatable bonds is 12. The Morgan fingerprint density at radius 1 is 0.921 bits per heavy atom. The van der Waals surface area contributed by atoms with E-state index in [0.29, 0.717) is 24.2 Å². The maximum absolute atomic E-state index is 13.9. The summed E-state index contributed by atoms with van der Waals surface area (Å²) in [5.41, 5.74) is 1.77. The summed E-state index contributed by atoms with van der Waals surface area (Å²) in [6.07, 6.45) is 1.28. The summed E-state index contributed by atoms with van der Waals surface area (Å²) in [6, 6.07) is 19.7. The standard InChI is InChI=1S/C29H34FN3O4S/c1-4-19-31-29(35)22(3)32(20-23-15-17-25(30)18-16-23)28(34)21-33(27-14-10-9-11-24(27)5-2)38(36,37)26-12-7-6-8-13-26/h6-18,22H,4-5,19-21H2,1-3H3,(H,31,35). The minimum absolute atomic E-state index is 0.00841. The van der Waals surface area contributed by atoms with E-state index in [0.717, 1.165) is 16.3 Å². The molecule has 9 heteroatoms. The summed E-state index contributed by atoms with van der Waals surface area (Å²) in [5, 5.41) is 2.80. The highest BCUT2D eigenvalue weighted by atomic mass is 32.2. The van der Waals surface area contributed by atoms with Crippen LogP contribution < -0.4 is 9.62 Å². The van der Waals surface area contributed by atoms with Gasteiger partial charge < -0.3 is 10.2 Å². The normalized spacial score (nSPS) is 12.0. The zero-order valence-corrected chi connectivity index (χ0v) is 22.7. The maximum Gasteiger partial charge on any atom is 0.264 e. The molecule has 38 heavy (non-hydrogen) atoms. The van der Waals surface area contributed by atoms with Crippen LogP contribution in [0.5, 0.6) is 0 Å². The Morgan fingerprint density at radius 2 is 1.55 bits per heavy atom. The smallest absolute Gasteiger partial charge is 0.264 e. The number of nitrogens with zero attached hydrogens (tertiary/aromatic N) is 2. The summed E-state index contributed by atoms with van der Waals surface area (Å²) in [5.74, 6) is -1.33. The number of sulfonamides is 1. The highest BCUT2D eigenvalue weighted by Crippen LogP contribution is 2.28. The van der Waals surface area contributed by atoms with Crippen molar-refractivity contribution in [2.75, 3.05) is 17.4 Å². The van der Waals surface area contributed by atoms with Crippen LogP contribution in [0.3, 0.4) is 0 Å². The second kappa shape index (κ2) is 13.2. The van der Waals surface area contributed by atoms with Crippen LogP contribution in [0.1, 0.15) is 38.3 Å². The number of halogens is 1. The van der Waals surface area contributed by atoms with E-state index in [4.69, 9.17) is 0 Å². The topological polar surface area (TPSA) is 86.8 Å². The number of hydrogen-bond donors (Lipinski definition) is 1. The van der Waals surface area contributed by atoms with Crippen LogP contribution in [0.15, 0.2) is 83.8 Å². The van der Waals surface area contributed by atoms with E-state index in [-0.39, 0.29) is 17.3 Å². The summed E-state index contributed by atoms with van der Waals surface area (Å²) < 4.78 is 42.3. The van der Waals surface area contributed by atoms with Gasteiger partial charge in [0, 0.05) is 13.1 Å². The lowest BCUT2D eigenvalue weighted by Crippen LogP contribution is -2.51. The fraction of sp³-hybridized carbons (Fsp3) is 0.310. The lowest BCUT2D eigenvalue weighted by atomic mass is 10.1. The summed E-state index contributed by atoms with van der Waals surface area (Å²) in [7, 11) is -4.12. The van der Waals surface area contributed by atoms with Crippen LogP contribution in [0.25, 0.3) is 0 Å². The molecule has 0 aliphatic carbocycles. The van der Waals surface area contributed by atoms with Crippen molar-refractivity contribution in [1.29, 1.82) is 0 Å². The van der Waals surface area contributed by atoms with Crippen LogP contribution in [0.2, 0.25) is 0 Å². The molecule has 2 amide bonds. The van der Waals surface area contributed by atoms with Crippen molar-refractivity contribution in [1.82, 2.24) is 10.2 Å². The van der Waals surface area contributed by atoms with Crippen molar-refractivity contribution in [3.05, 3.63) is 95.8 Å². The lowest BCUT2D eigenvalue weighted by molar-refractivity contribution is -0.139. The molecule has 3 aromatic carbocycles. The van der Waals surface area contributed by atoms with E-state index in [2.05, 4.69) is 5.32 Å². The van der Waals surface area contributed by atoms with Crippen molar-refractivity contribution >= 4 is 27.5 Å². The van der Waals surface area contributed by atoms with Gasteiger partial charge in [-0.3, -0.25) is 13.9 Å². The summed E-state index contributed by atoms with van der Waals surface area (Å²) >= 11 is 0. The molecule has 3 rings (SSSR count). The van der Waals surface area contributed by atoms with E-state index < -0.39 is 34.3 Å². The van der Waals surface area contributed by atoms with Crippen molar-refractivity contribution in [3.8, 4) is 0 Å². The van der Waals surface area contributed by atoms with Gasteiger partial charge >= 0.3 is 0 Å². The molecule has 202 valence electrons. The zero-order chi connectivity index (χ0) is 27.7. The van der Waals surface area contributed by atoms with Gasteiger partial charge in [0.1, 0.15) is 18.4 Å². The fourth-order valence-corrected chi connectivity index (χ4v) is 5.52. The molecule has 1 N–H and O–H groups in total. The maximum atomic E-state index is 13.9. The molecule has 0 aromatic heterocycles. The highest BCUT2D eigenvalue weighted by molar-refractivity contribution is 7.92. The predicted molar refractivity (Wildman–Crippen MR) is 147 cm³/mol. The Morgan fingerprint density at radius 3 is 2.18 bits per heavy atom. The van der Waals surface area contributed by atoms with E-state index >= 15 is 0 Å². The minimum atomic E-state index is -4.12. The molecule has 0 saturated carbocycles. The van der Waals surface area contributed by atoms with Crippen molar-refractivity contribution in [2.45, 2.75) is 51.1 Å². The molecule has 0 aliphatic rings. The average Bonchev–Trinajstić information content (AvgIpc) is 2.94. The van der Waals surface area contributed by atoms with Gasteiger partial charge in [-0.15, -0.1) is 0 Å². The average molecular weight is 540 g/mol. The third kappa shape index (κ3) is 6.98. The Labute approximate surface area is 224 Å². The first-order valence-corrected chi connectivity index (χ1v) is 14.1. The second-order valence-corrected chi connectivity index (χ2v) is 10.8. The predicted octanol–water partition coefficient (Wildman–Crippen LogP) is 4.53. The van der Waals surface area contributed by atoms with Gasteiger partial charge in [-0.2, -0.15) is 0 Å². The van der Waals surface area contributed by atoms with Crippen molar-refractivity contribution < 1.29 is 22.4 Å². The number of para-hydroxylation sites is 1. The van der Waals surface area contributed by atoms with E-state index in [1.54, 1.807) is 37.3 Å². The molecule has 0 heterocycles. The molecule has 1 unspecified atom stereocenters. The number of carbonyl (C=O) groups is 2. The first kappa shape index (κ1) is 28.8. The van der Waals surface area contributed by atoms with Crippen LogP contribution in [-0.4, -0.2) is 44.3 Å². The molecule has 0 spiro atoms. The van der Waals surface area contributed by atoms with E-state index in [1.165, 1.54) is 41.3 Å². The molecule has 0 fully saturated rings. The largest absolute Gasteiger partial charge is 0.354 e. The summed E-state index contributed by atoms with van der Waals surface area (Å²) in [4.78, 5) is 28.1. The molecule has 0 radical (unpaired) electrons. The number of aryl methyl sites for hydroxylation is 1. The molecule has 3 aromatic rings. The molecule has 0 aliphatic heterocycles. The summed E-state index contributed by atoms with van der Waals surface area (Å²) in [6.45, 7) is 5.37. The van der Waals surface area contributed by atoms with Gasteiger partial charge in [0.25, 0.3) is 10.0 Å². The van der Waals surface area contributed by atoms with E-state index in [1.807, 2.05) is 26.0 Å². The zero-order valence-electron chi connectivity index (χ0n) is 21.9. The van der Waals surface area contributed by atoms with Crippen LogP contribution >= 0.6 is 0 Å². The minimum Gasteiger partial charge on any atom is -0.354 e. The Kier molecular flexibility index (Phi) is 10.0. The number of carbonyl (C=O) groups excluding carboxylic acids is 2. The highest BCUT2D eigenvalue weighted by Gasteiger charge is 2.33. The molecular formula is C29H34FN3O4S. The van der Waals surface area contributed by atoms with Gasteiger partial charge in [-0.1, -0.05) is 62.4 Å². The first-order chi connectivity index (χ1) is 18.2. The van der Waals surface area contributed by atoms with Gasteiger partial charge in [0.05, 0.1) is 10.6 Å². The Hall–Kier alpha value is -3.72. The van der Waals surface area contributed by atoms with Gasteiger partial charge in [-0.05, 0) is 61.2 Å². The van der Waals surface area contributed by atoms with Gasteiger partial charge in [0.15, 0.2) is 0 Å². The quantitative estimate of drug-likeness (QED) is 0.367. The number of nitrogens with one attached hydrogen (secondary N) is 1. The second-order valence-electron chi connectivity index (χ2n) is 8.92. The number of benzene rings is 3. The molecule has 7 nitrogen and oxygen atoms in total. The third-order valence-corrected chi connectivity index (χ3v) is 8.01. The fourth-order valence-electron chi connectivity index (χ4n) is 4.05. The SMILES string of the molecule is CCCNC(=O)C(C)N(Cc1ccc(F)cc1)C(=O)CN(c1ccccc1CC)S(=O)(=O)c1ccccc1. The van der Waals surface area contributed by atoms with Crippen molar-refractivity contribution in [2.24, 2.45) is 0 Å². The Bertz CT molecular complexity index is 1330. The van der Waals surface area contributed by atoms with Gasteiger partial charge in [-0.25, -0.2) is 12.8 Å². The number of anilines is 1. The van der Waals surface area contributed by atoms with Gasteiger partial charge in [0.2, 0.25) is 11.8 Å². The van der Waals surface area contributed by atoms with Crippen molar-refractivity contribution in [3.63, 3.8) is 0 Å². The van der Waals surface area contributed by atoms with Crippen LogP contribution in [-0.2, 0) is 32.6 Å². The number of hydrogen-bond acceptors (Lipinski definition) is 4. The monoisotopic (exact) mass is 539 g/mol. The third-order valence-electron chi connectivity index (χ3n) is 6.23.